The molecule has 6 nitrogen and oxygen atoms in total. The lowest BCUT2D eigenvalue weighted by atomic mass is 10.1. The molecule has 21 heavy (non-hydrogen) atoms. The van der Waals surface area contributed by atoms with Crippen molar-refractivity contribution in [2.45, 2.75) is 23.1 Å². The van der Waals surface area contributed by atoms with Crippen LogP contribution in [0.25, 0.3) is 0 Å². The van der Waals surface area contributed by atoms with E-state index in [1.807, 2.05) is 30.3 Å². The van der Waals surface area contributed by atoms with E-state index in [2.05, 4.69) is 20.8 Å². The number of nitrogens with one attached hydrogen (secondary N) is 2. The monoisotopic (exact) mass is 304 g/mol. The van der Waals surface area contributed by atoms with Crippen LogP contribution < -0.4 is 10.6 Å². The SMILES string of the molecule is O=C1NCCNC1Cc1nc(CSc2ccccc2)no1. The second-order valence-electron chi connectivity index (χ2n) is 4.71. The Morgan fingerprint density at radius 1 is 1.29 bits per heavy atom. The Labute approximate surface area is 126 Å². The number of benzene rings is 1. The summed E-state index contributed by atoms with van der Waals surface area (Å²) in [6.45, 7) is 1.43. The Balaban J connectivity index is 1.55. The molecule has 1 aliphatic rings. The molecule has 1 aliphatic heterocycles. The van der Waals surface area contributed by atoms with Crippen LogP contribution in [0.3, 0.4) is 0 Å². The number of thioether (sulfide) groups is 1. The third-order valence-electron chi connectivity index (χ3n) is 3.13. The summed E-state index contributed by atoms with van der Waals surface area (Å²) in [6, 6.07) is 9.78. The smallest absolute Gasteiger partial charge is 0.237 e. The van der Waals surface area contributed by atoms with E-state index in [1.165, 1.54) is 0 Å². The number of rotatable bonds is 5. The summed E-state index contributed by atoms with van der Waals surface area (Å²) in [5, 5.41) is 9.91. The highest BCUT2D eigenvalue weighted by Gasteiger charge is 2.24. The van der Waals surface area contributed by atoms with Crippen molar-refractivity contribution in [3.63, 3.8) is 0 Å². The number of hydrogen-bond acceptors (Lipinski definition) is 6. The van der Waals surface area contributed by atoms with Crippen LogP contribution in [-0.4, -0.2) is 35.2 Å². The minimum atomic E-state index is -0.283. The topological polar surface area (TPSA) is 80.0 Å². The fourth-order valence-electron chi connectivity index (χ4n) is 2.08. The molecule has 0 spiro atoms. The van der Waals surface area contributed by atoms with Gasteiger partial charge in [-0.05, 0) is 12.1 Å². The average Bonchev–Trinajstić information content (AvgIpc) is 2.96. The third kappa shape index (κ3) is 3.83. The van der Waals surface area contributed by atoms with Crippen molar-refractivity contribution in [2.24, 2.45) is 0 Å². The Kier molecular flexibility index (Phi) is 4.52. The molecular weight excluding hydrogens is 288 g/mol. The summed E-state index contributed by atoms with van der Waals surface area (Å²) in [5.74, 6) is 1.78. The van der Waals surface area contributed by atoms with Gasteiger partial charge < -0.3 is 15.2 Å². The van der Waals surface area contributed by atoms with Crippen molar-refractivity contribution in [1.82, 2.24) is 20.8 Å². The lowest BCUT2D eigenvalue weighted by Crippen LogP contribution is -2.53. The van der Waals surface area contributed by atoms with E-state index in [1.54, 1.807) is 11.8 Å². The van der Waals surface area contributed by atoms with Crippen LogP contribution in [0.15, 0.2) is 39.8 Å². The molecule has 2 heterocycles. The number of piperazine rings is 1. The van der Waals surface area contributed by atoms with Gasteiger partial charge in [-0.1, -0.05) is 23.4 Å². The number of hydrogen-bond donors (Lipinski definition) is 2. The molecule has 2 N–H and O–H groups in total. The molecule has 1 saturated heterocycles. The lowest BCUT2D eigenvalue weighted by Gasteiger charge is -2.21. The standard InChI is InChI=1S/C14H16N4O2S/c19-14-11(15-6-7-16-14)8-13-17-12(18-20-13)9-21-10-4-2-1-3-5-10/h1-5,11,15H,6-9H2,(H,16,19). The zero-order valence-electron chi connectivity index (χ0n) is 11.4. The molecule has 0 radical (unpaired) electrons. The van der Waals surface area contributed by atoms with Crippen LogP contribution in [0, 0.1) is 0 Å². The van der Waals surface area contributed by atoms with E-state index < -0.39 is 0 Å². The molecule has 3 rings (SSSR count). The first-order chi connectivity index (χ1) is 10.3. The maximum absolute atomic E-state index is 11.6. The Bertz CT molecular complexity index is 602. The molecule has 1 aromatic carbocycles. The summed E-state index contributed by atoms with van der Waals surface area (Å²) >= 11 is 1.65. The van der Waals surface area contributed by atoms with E-state index >= 15 is 0 Å². The molecule has 1 atom stereocenters. The predicted octanol–water partition coefficient (Wildman–Crippen LogP) is 0.992. The highest BCUT2D eigenvalue weighted by molar-refractivity contribution is 7.98. The maximum atomic E-state index is 11.6. The van der Waals surface area contributed by atoms with Gasteiger partial charge in [0, 0.05) is 18.0 Å². The minimum Gasteiger partial charge on any atom is -0.353 e. The van der Waals surface area contributed by atoms with E-state index in [4.69, 9.17) is 4.52 Å². The van der Waals surface area contributed by atoms with Crippen LogP contribution in [0.4, 0.5) is 0 Å². The zero-order valence-corrected chi connectivity index (χ0v) is 12.2. The average molecular weight is 304 g/mol. The largest absolute Gasteiger partial charge is 0.353 e. The van der Waals surface area contributed by atoms with Gasteiger partial charge in [-0.15, -0.1) is 11.8 Å². The van der Waals surface area contributed by atoms with Crippen molar-refractivity contribution < 1.29 is 9.32 Å². The highest BCUT2D eigenvalue weighted by Crippen LogP contribution is 2.20. The summed E-state index contributed by atoms with van der Waals surface area (Å²) in [7, 11) is 0. The van der Waals surface area contributed by atoms with Gasteiger partial charge in [-0.25, -0.2) is 0 Å². The van der Waals surface area contributed by atoms with Gasteiger partial charge >= 0.3 is 0 Å². The number of carbonyl (C=O) groups is 1. The number of amides is 1. The molecule has 1 unspecified atom stereocenters. The first kappa shape index (κ1) is 14.1. The second kappa shape index (κ2) is 6.73. The quantitative estimate of drug-likeness (QED) is 0.802. The number of aromatic nitrogens is 2. The van der Waals surface area contributed by atoms with Crippen molar-refractivity contribution in [1.29, 1.82) is 0 Å². The van der Waals surface area contributed by atoms with Gasteiger partial charge in [0.05, 0.1) is 18.2 Å². The van der Waals surface area contributed by atoms with Crippen LogP contribution in [0.2, 0.25) is 0 Å². The van der Waals surface area contributed by atoms with Crippen LogP contribution in [-0.2, 0) is 17.0 Å². The van der Waals surface area contributed by atoms with Crippen molar-refractivity contribution in [3.05, 3.63) is 42.0 Å². The number of carbonyl (C=O) groups excluding carboxylic acids is 1. The molecular formula is C14H16N4O2S. The molecule has 2 aromatic rings. The Morgan fingerprint density at radius 2 is 2.14 bits per heavy atom. The van der Waals surface area contributed by atoms with Gasteiger partial charge in [-0.3, -0.25) is 4.79 Å². The predicted molar refractivity (Wildman–Crippen MR) is 78.8 cm³/mol. The fourth-order valence-corrected chi connectivity index (χ4v) is 2.85. The Hall–Kier alpha value is -1.86. The molecule has 7 heteroatoms. The maximum Gasteiger partial charge on any atom is 0.237 e. The third-order valence-corrected chi connectivity index (χ3v) is 4.14. The molecule has 0 bridgehead atoms. The van der Waals surface area contributed by atoms with Gasteiger partial charge in [0.15, 0.2) is 5.82 Å². The summed E-state index contributed by atoms with van der Waals surface area (Å²) < 4.78 is 5.21. The molecule has 0 saturated carbocycles. The van der Waals surface area contributed by atoms with Gasteiger partial charge in [-0.2, -0.15) is 4.98 Å². The van der Waals surface area contributed by atoms with E-state index in [-0.39, 0.29) is 11.9 Å². The molecule has 1 amide bonds. The number of nitrogens with zero attached hydrogens (tertiary/aromatic N) is 2. The van der Waals surface area contributed by atoms with Crippen LogP contribution >= 0.6 is 11.8 Å². The fraction of sp³-hybridized carbons (Fsp3) is 0.357. The zero-order chi connectivity index (χ0) is 14.5. The summed E-state index contributed by atoms with van der Waals surface area (Å²) in [6.07, 6.45) is 0.425. The van der Waals surface area contributed by atoms with Gasteiger partial charge in [0.1, 0.15) is 0 Å². The van der Waals surface area contributed by atoms with Crippen LogP contribution in [0.5, 0.6) is 0 Å². The van der Waals surface area contributed by atoms with E-state index in [0.29, 0.717) is 30.4 Å². The lowest BCUT2D eigenvalue weighted by molar-refractivity contribution is -0.124. The summed E-state index contributed by atoms with van der Waals surface area (Å²) in [4.78, 5) is 17.1. The second-order valence-corrected chi connectivity index (χ2v) is 5.76. The molecule has 1 aromatic heterocycles. The first-order valence-corrected chi connectivity index (χ1v) is 7.80. The molecule has 1 fully saturated rings. The van der Waals surface area contributed by atoms with Crippen molar-refractivity contribution in [2.75, 3.05) is 13.1 Å². The van der Waals surface area contributed by atoms with Gasteiger partial charge in [0.2, 0.25) is 11.8 Å². The molecule has 0 aliphatic carbocycles. The van der Waals surface area contributed by atoms with Gasteiger partial charge in [0.25, 0.3) is 0 Å². The summed E-state index contributed by atoms with van der Waals surface area (Å²) in [5.41, 5.74) is 0. The van der Waals surface area contributed by atoms with E-state index in [9.17, 15) is 4.79 Å². The van der Waals surface area contributed by atoms with Crippen molar-refractivity contribution in [3.8, 4) is 0 Å². The van der Waals surface area contributed by atoms with Crippen LogP contribution in [0.1, 0.15) is 11.7 Å². The van der Waals surface area contributed by atoms with Crippen molar-refractivity contribution >= 4 is 17.7 Å². The first-order valence-electron chi connectivity index (χ1n) is 6.81. The molecule has 110 valence electrons. The minimum absolute atomic E-state index is 0.0142. The normalized spacial score (nSPS) is 18.5. The highest BCUT2D eigenvalue weighted by atomic mass is 32.2. The van der Waals surface area contributed by atoms with E-state index in [0.717, 1.165) is 11.4 Å². The Morgan fingerprint density at radius 3 is 2.95 bits per heavy atom.